The molecule has 1 amide bonds. The van der Waals surface area contributed by atoms with Crippen LogP contribution in [0.15, 0.2) is 54.9 Å². The molecule has 2 heterocycles. The number of carbonyl (C=O) groups excluding carboxylic acids is 1. The zero-order chi connectivity index (χ0) is 24.8. The van der Waals surface area contributed by atoms with E-state index in [1.807, 2.05) is 43.5 Å². The van der Waals surface area contributed by atoms with Crippen molar-refractivity contribution >= 4 is 23.3 Å². The first-order valence-electron chi connectivity index (χ1n) is 11.8. The molecular weight excluding hydrogens is 467 g/mol. The summed E-state index contributed by atoms with van der Waals surface area (Å²) in [4.78, 5) is 14.0. The number of allylic oxidation sites excluding steroid dienone is 2. The molecule has 0 fully saturated rings. The first-order chi connectivity index (χ1) is 16.6. The highest BCUT2D eigenvalue weighted by atomic mass is 35.5. The van der Waals surface area contributed by atoms with Crippen LogP contribution in [-0.4, -0.2) is 31.4 Å². The highest BCUT2D eigenvalue weighted by Crippen LogP contribution is 2.45. The van der Waals surface area contributed by atoms with Gasteiger partial charge in [-0.15, -0.1) is 21.8 Å². The Morgan fingerprint density at radius 1 is 1.14 bits per heavy atom. The minimum atomic E-state index is -0.599. The largest absolute Gasteiger partial charge is 0.444 e. The van der Waals surface area contributed by atoms with Crippen LogP contribution in [0.3, 0.4) is 0 Å². The van der Waals surface area contributed by atoms with Crippen molar-refractivity contribution in [1.29, 1.82) is 0 Å². The van der Waals surface area contributed by atoms with Crippen molar-refractivity contribution in [2.75, 3.05) is 0 Å². The Labute approximate surface area is 209 Å². The summed E-state index contributed by atoms with van der Waals surface area (Å²) in [5.74, 6) is 0.436. The fourth-order valence-electron chi connectivity index (χ4n) is 4.69. The van der Waals surface area contributed by atoms with Gasteiger partial charge in [-0.05, 0) is 80.5 Å². The number of halogens is 2. The number of benzene rings is 2. The summed E-state index contributed by atoms with van der Waals surface area (Å²) >= 11 is 7.19. The summed E-state index contributed by atoms with van der Waals surface area (Å²) in [7, 11) is 0. The van der Waals surface area contributed by atoms with E-state index in [1.165, 1.54) is 17.7 Å². The molecule has 0 N–H and O–H groups in total. The van der Waals surface area contributed by atoms with Gasteiger partial charge in [0.25, 0.3) is 0 Å². The maximum atomic E-state index is 13.3. The Hall–Kier alpha value is -3.19. The van der Waals surface area contributed by atoms with Gasteiger partial charge in [0, 0.05) is 0 Å². The SMILES string of the molecule is CC(C)(C)OC(=O)N1Cc2cc(C3(Cl)CC=C(c4ccc(F)cc4)CC3)ccc2-n2cnnc2C1. The van der Waals surface area contributed by atoms with E-state index in [4.69, 9.17) is 16.3 Å². The second kappa shape index (κ2) is 8.79. The molecule has 6 nitrogen and oxygen atoms in total. The molecule has 1 atom stereocenters. The Balaban J connectivity index is 1.45. The third kappa shape index (κ3) is 4.82. The van der Waals surface area contributed by atoms with Crippen LogP contribution in [0.4, 0.5) is 9.18 Å². The lowest BCUT2D eigenvalue weighted by Crippen LogP contribution is -2.36. The number of amides is 1. The molecule has 35 heavy (non-hydrogen) atoms. The lowest BCUT2D eigenvalue weighted by Gasteiger charge is -2.32. The number of alkyl halides is 1. The molecule has 0 radical (unpaired) electrons. The second-order valence-electron chi connectivity index (χ2n) is 10.2. The molecule has 1 aliphatic carbocycles. The summed E-state index contributed by atoms with van der Waals surface area (Å²) in [5, 5.41) is 8.28. The molecule has 1 aromatic heterocycles. The molecule has 1 unspecified atom stereocenters. The minimum Gasteiger partial charge on any atom is -0.444 e. The van der Waals surface area contributed by atoms with E-state index >= 15 is 0 Å². The maximum absolute atomic E-state index is 13.3. The van der Waals surface area contributed by atoms with E-state index < -0.39 is 16.6 Å². The lowest BCUT2D eigenvalue weighted by molar-refractivity contribution is 0.0214. The Morgan fingerprint density at radius 3 is 2.60 bits per heavy atom. The fraction of sp³-hybridized carbons (Fsp3) is 0.370. The molecule has 8 heteroatoms. The van der Waals surface area contributed by atoms with Gasteiger partial charge in [-0.1, -0.05) is 30.3 Å². The van der Waals surface area contributed by atoms with E-state index in [-0.39, 0.29) is 5.82 Å². The summed E-state index contributed by atoms with van der Waals surface area (Å²) in [6.07, 6.45) is 5.64. The molecule has 0 spiro atoms. The highest BCUT2D eigenvalue weighted by Gasteiger charge is 2.34. The molecule has 0 saturated heterocycles. The van der Waals surface area contributed by atoms with Gasteiger partial charge in [0.1, 0.15) is 17.7 Å². The molecule has 0 saturated carbocycles. The minimum absolute atomic E-state index is 0.237. The van der Waals surface area contributed by atoms with Gasteiger partial charge in [-0.2, -0.15) is 0 Å². The third-order valence-corrected chi connectivity index (χ3v) is 7.06. The van der Waals surface area contributed by atoms with Crippen molar-refractivity contribution in [3.8, 4) is 5.69 Å². The lowest BCUT2D eigenvalue weighted by atomic mass is 9.81. The summed E-state index contributed by atoms with van der Waals surface area (Å²) in [5.41, 5.74) is 4.51. The quantitative estimate of drug-likeness (QED) is 0.389. The topological polar surface area (TPSA) is 60.2 Å². The van der Waals surface area contributed by atoms with Gasteiger partial charge in [0.15, 0.2) is 5.82 Å². The van der Waals surface area contributed by atoms with Crippen molar-refractivity contribution in [3.05, 3.63) is 83.2 Å². The van der Waals surface area contributed by atoms with Crippen molar-refractivity contribution in [1.82, 2.24) is 19.7 Å². The summed E-state index contributed by atoms with van der Waals surface area (Å²) < 4.78 is 20.9. The number of nitrogens with zero attached hydrogens (tertiary/aromatic N) is 4. The van der Waals surface area contributed by atoms with Crippen molar-refractivity contribution in [2.24, 2.45) is 0 Å². The Bertz CT molecular complexity index is 1300. The van der Waals surface area contributed by atoms with Crippen LogP contribution in [0.25, 0.3) is 11.3 Å². The van der Waals surface area contributed by atoms with Gasteiger partial charge in [0.05, 0.1) is 23.7 Å². The smallest absolute Gasteiger partial charge is 0.411 e. The van der Waals surface area contributed by atoms with E-state index in [0.29, 0.717) is 25.3 Å². The average Bonchev–Trinajstić information content (AvgIpc) is 3.20. The van der Waals surface area contributed by atoms with Crippen molar-refractivity contribution in [2.45, 2.75) is 63.6 Å². The molecule has 0 bridgehead atoms. The maximum Gasteiger partial charge on any atom is 0.411 e. The monoisotopic (exact) mass is 494 g/mol. The molecule has 2 aliphatic rings. The third-order valence-electron chi connectivity index (χ3n) is 6.50. The van der Waals surface area contributed by atoms with Crippen LogP contribution in [0, 0.1) is 5.82 Å². The number of carbonyl (C=O) groups is 1. The normalized spacial score (nSPS) is 19.9. The molecule has 2 aromatic carbocycles. The van der Waals surface area contributed by atoms with Crippen molar-refractivity contribution < 1.29 is 13.9 Å². The van der Waals surface area contributed by atoms with Crippen LogP contribution < -0.4 is 0 Å². The standard InChI is InChI=1S/C27H28ClFN4O2/c1-26(2,3)35-25(34)32-15-20-14-21(6-9-23(20)33-17-30-31-24(33)16-32)27(28)12-10-19(11-13-27)18-4-7-22(29)8-5-18/h4-10,14,17H,11-13,15-16H2,1-3H3. The van der Waals surface area contributed by atoms with Gasteiger partial charge in [-0.25, -0.2) is 9.18 Å². The second-order valence-corrected chi connectivity index (χ2v) is 10.9. The van der Waals surface area contributed by atoms with Crippen LogP contribution in [0.2, 0.25) is 0 Å². The molecule has 1 aliphatic heterocycles. The van der Waals surface area contributed by atoms with E-state index in [2.05, 4.69) is 28.4 Å². The zero-order valence-electron chi connectivity index (χ0n) is 20.1. The number of aromatic nitrogens is 3. The molecule has 182 valence electrons. The zero-order valence-corrected chi connectivity index (χ0v) is 20.8. The van der Waals surface area contributed by atoms with E-state index in [0.717, 1.165) is 35.2 Å². The van der Waals surface area contributed by atoms with Gasteiger partial charge >= 0.3 is 6.09 Å². The van der Waals surface area contributed by atoms with Crippen LogP contribution in [0.1, 0.15) is 62.5 Å². The molecule has 3 aromatic rings. The van der Waals surface area contributed by atoms with Crippen LogP contribution >= 0.6 is 11.6 Å². The Morgan fingerprint density at radius 2 is 1.91 bits per heavy atom. The first kappa shape index (κ1) is 23.5. The van der Waals surface area contributed by atoms with Crippen molar-refractivity contribution in [3.63, 3.8) is 0 Å². The number of ether oxygens (including phenoxy) is 1. The average molecular weight is 495 g/mol. The Kier molecular flexibility index (Phi) is 5.91. The number of fused-ring (bicyclic) bond motifs is 3. The summed E-state index contributed by atoms with van der Waals surface area (Å²) in [6, 6.07) is 12.8. The predicted octanol–water partition coefficient (Wildman–Crippen LogP) is 6.36. The number of hydrogen-bond donors (Lipinski definition) is 0. The highest BCUT2D eigenvalue weighted by molar-refractivity contribution is 6.24. The van der Waals surface area contributed by atoms with E-state index in [9.17, 15) is 9.18 Å². The van der Waals surface area contributed by atoms with Gasteiger partial charge in [-0.3, -0.25) is 9.47 Å². The van der Waals surface area contributed by atoms with E-state index in [1.54, 1.807) is 11.2 Å². The molecule has 5 rings (SSSR count). The van der Waals surface area contributed by atoms with Crippen LogP contribution in [0.5, 0.6) is 0 Å². The van der Waals surface area contributed by atoms with Gasteiger partial charge < -0.3 is 4.74 Å². The first-order valence-corrected chi connectivity index (χ1v) is 12.1. The summed E-state index contributed by atoms with van der Waals surface area (Å²) in [6.45, 7) is 6.24. The molecular formula is C27H28ClFN4O2. The fourth-order valence-corrected chi connectivity index (χ4v) is 4.98. The van der Waals surface area contributed by atoms with Gasteiger partial charge in [0.2, 0.25) is 0 Å². The number of hydrogen-bond acceptors (Lipinski definition) is 4. The predicted molar refractivity (Wildman–Crippen MR) is 133 cm³/mol. The van der Waals surface area contributed by atoms with Crippen LogP contribution in [-0.2, 0) is 22.7 Å². The number of rotatable bonds is 2.